The van der Waals surface area contributed by atoms with Gasteiger partial charge in [-0.15, -0.1) is 0 Å². The summed E-state index contributed by atoms with van der Waals surface area (Å²) < 4.78 is 23.0. The van der Waals surface area contributed by atoms with Crippen LogP contribution in [0.15, 0.2) is 47.4 Å². The van der Waals surface area contributed by atoms with E-state index >= 15 is 0 Å². The van der Waals surface area contributed by atoms with Crippen molar-refractivity contribution < 1.29 is 8.42 Å². The highest BCUT2D eigenvalue weighted by Gasteiger charge is 2.16. The molecule has 0 atom stereocenters. The van der Waals surface area contributed by atoms with Crippen molar-refractivity contribution in [1.82, 2.24) is 0 Å². The zero-order valence-electron chi connectivity index (χ0n) is 12.1. The molecule has 0 amide bonds. The van der Waals surface area contributed by atoms with Crippen molar-refractivity contribution in [3.8, 4) is 0 Å². The van der Waals surface area contributed by atoms with E-state index in [9.17, 15) is 8.42 Å². The Morgan fingerprint density at radius 1 is 1.14 bits per heavy atom. The maximum atomic E-state index is 11.5. The van der Waals surface area contributed by atoms with E-state index in [1.807, 2.05) is 37.1 Å². The Kier molecular flexibility index (Phi) is 4.20. The van der Waals surface area contributed by atoms with E-state index < -0.39 is 10.0 Å². The Morgan fingerprint density at radius 2 is 1.81 bits per heavy atom. The summed E-state index contributed by atoms with van der Waals surface area (Å²) in [7, 11) is -1.96. The molecule has 112 valence electrons. The van der Waals surface area contributed by atoms with Crippen molar-refractivity contribution in [2.75, 3.05) is 17.7 Å². The molecule has 0 aliphatic heterocycles. The molecule has 0 heterocycles. The molecule has 21 heavy (non-hydrogen) atoms. The van der Waals surface area contributed by atoms with Crippen LogP contribution >= 0.6 is 0 Å². The Bertz CT molecular complexity index is 757. The number of aryl methyl sites for hydroxylation is 1. The molecule has 0 fully saturated rings. The summed E-state index contributed by atoms with van der Waals surface area (Å²) in [5.74, 6) is 0. The zero-order valence-corrected chi connectivity index (χ0v) is 12.9. The molecule has 2 aromatic rings. The van der Waals surface area contributed by atoms with E-state index in [-0.39, 0.29) is 10.6 Å². The highest BCUT2D eigenvalue weighted by atomic mass is 32.2. The topological polar surface area (TPSA) is 89.4 Å². The van der Waals surface area contributed by atoms with Crippen LogP contribution in [0.4, 0.5) is 11.4 Å². The summed E-state index contributed by atoms with van der Waals surface area (Å²) in [4.78, 5) is 1.86. The van der Waals surface area contributed by atoms with Crippen molar-refractivity contribution in [3.05, 3.63) is 53.6 Å². The van der Waals surface area contributed by atoms with E-state index in [4.69, 9.17) is 10.9 Å². The molecule has 0 spiro atoms. The maximum Gasteiger partial charge on any atom is 0.240 e. The lowest BCUT2D eigenvalue weighted by Gasteiger charge is -2.22. The molecule has 0 bridgehead atoms. The number of hydrogen-bond donors (Lipinski definition) is 2. The number of hydrogen-bond acceptors (Lipinski definition) is 4. The van der Waals surface area contributed by atoms with Gasteiger partial charge in [0.2, 0.25) is 10.0 Å². The summed E-state index contributed by atoms with van der Waals surface area (Å²) in [5.41, 5.74) is 9.07. The molecular weight excluding hydrogens is 286 g/mol. The third-order valence-corrected chi connectivity index (χ3v) is 4.23. The molecule has 0 aliphatic carbocycles. The SMILES string of the molecule is Cc1cccc(CN(C)c2cccc(S(N)(=O)=O)c2N)c1. The van der Waals surface area contributed by atoms with E-state index in [1.165, 1.54) is 11.6 Å². The molecule has 0 aliphatic rings. The molecule has 0 saturated heterocycles. The first-order valence-corrected chi connectivity index (χ1v) is 8.01. The van der Waals surface area contributed by atoms with Crippen LogP contribution in [0.25, 0.3) is 0 Å². The first-order chi connectivity index (χ1) is 9.79. The quantitative estimate of drug-likeness (QED) is 0.844. The standard InChI is InChI=1S/C15H19N3O2S/c1-11-5-3-6-12(9-11)10-18(2)13-7-4-8-14(15(13)16)21(17,19)20/h3-9H,10,16H2,1-2H3,(H2,17,19,20). The number of benzene rings is 2. The van der Waals surface area contributed by atoms with Gasteiger partial charge in [0, 0.05) is 13.6 Å². The van der Waals surface area contributed by atoms with E-state index in [2.05, 4.69) is 6.07 Å². The number of anilines is 2. The van der Waals surface area contributed by atoms with Crippen molar-refractivity contribution in [3.63, 3.8) is 0 Å². The van der Waals surface area contributed by atoms with Gasteiger partial charge in [0.25, 0.3) is 0 Å². The Labute approximate surface area is 125 Å². The lowest BCUT2D eigenvalue weighted by Crippen LogP contribution is -2.20. The third-order valence-electron chi connectivity index (χ3n) is 3.26. The summed E-state index contributed by atoms with van der Waals surface area (Å²) >= 11 is 0. The first kappa shape index (κ1) is 15.3. The van der Waals surface area contributed by atoms with Gasteiger partial charge in [0.05, 0.1) is 11.4 Å². The molecular formula is C15H19N3O2S. The monoisotopic (exact) mass is 305 g/mol. The number of sulfonamides is 1. The highest BCUT2D eigenvalue weighted by Crippen LogP contribution is 2.29. The minimum Gasteiger partial charge on any atom is -0.396 e. The van der Waals surface area contributed by atoms with Gasteiger partial charge in [-0.2, -0.15) is 0 Å². The molecule has 6 heteroatoms. The molecule has 0 aromatic heterocycles. The van der Waals surface area contributed by atoms with Crippen molar-refractivity contribution in [2.45, 2.75) is 18.4 Å². The van der Waals surface area contributed by atoms with Crippen LogP contribution in [0.1, 0.15) is 11.1 Å². The number of para-hydroxylation sites is 1. The maximum absolute atomic E-state index is 11.5. The molecule has 4 N–H and O–H groups in total. The van der Waals surface area contributed by atoms with Gasteiger partial charge >= 0.3 is 0 Å². The Balaban J connectivity index is 2.34. The second kappa shape index (κ2) is 5.75. The molecule has 0 unspecified atom stereocenters. The fourth-order valence-corrected chi connectivity index (χ4v) is 2.96. The minimum atomic E-state index is -3.82. The Morgan fingerprint density at radius 3 is 2.43 bits per heavy atom. The van der Waals surface area contributed by atoms with Crippen molar-refractivity contribution in [1.29, 1.82) is 0 Å². The predicted octanol–water partition coefficient (Wildman–Crippen LogP) is 1.86. The van der Waals surface area contributed by atoms with Crippen LogP contribution in [0.3, 0.4) is 0 Å². The van der Waals surface area contributed by atoms with Gasteiger partial charge in [-0.05, 0) is 24.6 Å². The van der Waals surface area contributed by atoms with Gasteiger partial charge in [-0.25, -0.2) is 13.6 Å². The molecule has 0 radical (unpaired) electrons. The Hall–Kier alpha value is -2.05. The van der Waals surface area contributed by atoms with Crippen LogP contribution in [-0.2, 0) is 16.6 Å². The van der Waals surface area contributed by atoms with Crippen LogP contribution in [-0.4, -0.2) is 15.5 Å². The average molecular weight is 305 g/mol. The summed E-state index contributed by atoms with van der Waals surface area (Å²) in [6.45, 7) is 2.65. The highest BCUT2D eigenvalue weighted by molar-refractivity contribution is 7.89. The molecule has 0 saturated carbocycles. The predicted molar refractivity (Wildman–Crippen MR) is 85.5 cm³/mol. The van der Waals surface area contributed by atoms with Gasteiger partial charge < -0.3 is 10.6 Å². The third kappa shape index (κ3) is 3.53. The van der Waals surface area contributed by atoms with Gasteiger partial charge in [-0.1, -0.05) is 35.9 Å². The second-order valence-electron chi connectivity index (χ2n) is 5.08. The zero-order chi connectivity index (χ0) is 15.6. The molecule has 2 aromatic carbocycles. The number of primary sulfonamides is 1. The van der Waals surface area contributed by atoms with Gasteiger partial charge in [0.1, 0.15) is 4.90 Å². The fraction of sp³-hybridized carbons (Fsp3) is 0.200. The largest absolute Gasteiger partial charge is 0.396 e. The van der Waals surface area contributed by atoms with E-state index in [0.29, 0.717) is 12.2 Å². The van der Waals surface area contributed by atoms with Crippen LogP contribution in [0.5, 0.6) is 0 Å². The second-order valence-corrected chi connectivity index (χ2v) is 6.61. The van der Waals surface area contributed by atoms with E-state index in [0.717, 1.165) is 5.56 Å². The summed E-state index contributed by atoms with van der Waals surface area (Å²) in [5, 5.41) is 5.17. The lowest BCUT2D eigenvalue weighted by molar-refractivity contribution is 0.598. The number of rotatable bonds is 4. The van der Waals surface area contributed by atoms with Gasteiger partial charge in [-0.3, -0.25) is 0 Å². The van der Waals surface area contributed by atoms with Crippen molar-refractivity contribution in [2.24, 2.45) is 5.14 Å². The molecule has 2 rings (SSSR count). The first-order valence-electron chi connectivity index (χ1n) is 6.47. The average Bonchev–Trinajstić information content (AvgIpc) is 2.37. The van der Waals surface area contributed by atoms with Crippen molar-refractivity contribution >= 4 is 21.4 Å². The van der Waals surface area contributed by atoms with Crippen LogP contribution in [0.2, 0.25) is 0 Å². The molecule has 5 nitrogen and oxygen atoms in total. The van der Waals surface area contributed by atoms with Crippen LogP contribution in [0, 0.1) is 6.92 Å². The minimum absolute atomic E-state index is 0.0453. The summed E-state index contributed by atoms with van der Waals surface area (Å²) in [6.07, 6.45) is 0. The summed E-state index contributed by atoms with van der Waals surface area (Å²) in [6, 6.07) is 12.9. The van der Waals surface area contributed by atoms with Gasteiger partial charge in [0.15, 0.2) is 0 Å². The number of nitrogen functional groups attached to an aromatic ring is 1. The smallest absolute Gasteiger partial charge is 0.240 e. The lowest BCUT2D eigenvalue weighted by atomic mass is 10.1. The van der Waals surface area contributed by atoms with Crippen LogP contribution < -0.4 is 15.8 Å². The normalized spacial score (nSPS) is 11.4. The number of nitrogens with two attached hydrogens (primary N) is 2. The number of nitrogens with zero attached hydrogens (tertiary/aromatic N) is 1. The fourth-order valence-electron chi connectivity index (χ4n) is 2.28. The van der Waals surface area contributed by atoms with E-state index in [1.54, 1.807) is 12.1 Å².